The largest absolute Gasteiger partial charge is 0.301 e. The minimum atomic E-state index is -0.0704. The first-order chi connectivity index (χ1) is 10.2. The van der Waals surface area contributed by atoms with Crippen molar-refractivity contribution in [1.82, 2.24) is 4.98 Å². The molecule has 1 aromatic heterocycles. The van der Waals surface area contributed by atoms with Crippen LogP contribution in [0, 0.1) is 0 Å². The minimum Gasteiger partial charge on any atom is -0.301 e. The molecular formula is C15H11ClN2OS2. The second-order valence-electron chi connectivity index (χ2n) is 4.27. The average Bonchev–Trinajstić information content (AvgIpc) is 2.98. The van der Waals surface area contributed by atoms with E-state index in [1.54, 1.807) is 6.20 Å². The smallest absolute Gasteiger partial charge is 0.236 e. The second kappa shape index (κ2) is 6.47. The van der Waals surface area contributed by atoms with Crippen LogP contribution in [0.15, 0.2) is 52.9 Å². The molecule has 0 fully saturated rings. The monoisotopic (exact) mass is 334 g/mol. The molecule has 3 nitrogen and oxygen atoms in total. The van der Waals surface area contributed by atoms with Crippen molar-refractivity contribution in [3.8, 4) is 0 Å². The van der Waals surface area contributed by atoms with Crippen LogP contribution in [0.1, 0.15) is 0 Å². The number of benzene rings is 2. The predicted octanol–water partition coefficient (Wildman–Crippen LogP) is 4.68. The lowest BCUT2D eigenvalue weighted by Crippen LogP contribution is -2.13. The molecular weight excluding hydrogens is 324 g/mol. The summed E-state index contributed by atoms with van der Waals surface area (Å²) in [6, 6.07) is 11.8. The van der Waals surface area contributed by atoms with E-state index in [1.807, 2.05) is 41.8 Å². The highest BCUT2D eigenvalue weighted by Gasteiger charge is 2.09. The summed E-state index contributed by atoms with van der Waals surface area (Å²) in [6.07, 6.45) is 1.66. The van der Waals surface area contributed by atoms with Crippen LogP contribution >= 0.6 is 34.7 Å². The first kappa shape index (κ1) is 14.4. The third kappa shape index (κ3) is 3.37. The van der Waals surface area contributed by atoms with Crippen molar-refractivity contribution in [3.63, 3.8) is 0 Å². The van der Waals surface area contributed by atoms with Gasteiger partial charge in [0, 0.05) is 26.9 Å². The average molecular weight is 335 g/mol. The number of nitrogens with one attached hydrogen (secondary N) is 1. The van der Waals surface area contributed by atoms with Crippen LogP contribution < -0.4 is 5.32 Å². The number of thiazole rings is 1. The van der Waals surface area contributed by atoms with Crippen molar-refractivity contribution in [2.45, 2.75) is 4.90 Å². The molecule has 106 valence electrons. The van der Waals surface area contributed by atoms with Crippen molar-refractivity contribution in [2.24, 2.45) is 0 Å². The normalized spacial score (nSPS) is 10.7. The maximum absolute atomic E-state index is 11.9. The summed E-state index contributed by atoms with van der Waals surface area (Å²) in [4.78, 5) is 16.9. The van der Waals surface area contributed by atoms with Gasteiger partial charge in [0.15, 0.2) is 5.13 Å². The zero-order valence-corrected chi connectivity index (χ0v) is 13.3. The Morgan fingerprint density at radius 3 is 2.86 bits per heavy atom. The molecule has 0 unspecified atom stereocenters. The topological polar surface area (TPSA) is 42.0 Å². The van der Waals surface area contributed by atoms with Gasteiger partial charge >= 0.3 is 0 Å². The standard InChI is InChI=1S/C15H11ClN2OS2/c16-11-5-1-3-10-4-2-6-12(14(10)11)21-9-13(19)18-15-17-7-8-20-15/h1-8H,9H2,(H,17,18,19). The number of hydrogen-bond acceptors (Lipinski definition) is 4. The Labute approximate surface area is 135 Å². The fourth-order valence-electron chi connectivity index (χ4n) is 1.97. The number of aromatic nitrogens is 1. The molecule has 0 aliphatic heterocycles. The summed E-state index contributed by atoms with van der Waals surface area (Å²) < 4.78 is 0. The number of rotatable bonds is 4. The molecule has 3 aromatic rings. The number of halogens is 1. The molecule has 0 saturated carbocycles. The van der Waals surface area contributed by atoms with E-state index in [2.05, 4.69) is 10.3 Å². The first-order valence-corrected chi connectivity index (χ1v) is 8.48. The zero-order valence-electron chi connectivity index (χ0n) is 10.9. The molecule has 0 aliphatic carbocycles. The van der Waals surface area contributed by atoms with E-state index >= 15 is 0 Å². The van der Waals surface area contributed by atoms with Gasteiger partial charge in [0.1, 0.15) is 0 Å². The second-order valence-corrected chi connectivity index (χ2v) is 6.59. The number of fused-ring (bicyclic) bond motifs is 1. The van der Waals surface area contributed by atoms with E-state index in [4.69, 9.17) is 11.6 Å². The maximum atomic E-state index is 11.9. The van der Waals surface area contributed by atoms with Crippen molar-refractivity contribution in [3.05, 3.63) is 53.0 Å². The lowest BCUT2D eigenvalue weighted by atomic mass is 10.1. The number of carbonyl (C=O) groups is 1. The Balaban J connectivity index is 1.75. The number of amides is 1. The van der Waals surface area contributed by atoms with Gasteiger partial charge in [-0.25, -0.2) is 4.98 Å². The van der Waals surface area contributed by atoms with Crippen molar-refractivity contribution < 1.29 is 4.79 Å². The molecule has 1 heterocycles. The number of nitrogens with zero attached hydrogens (tertiary/aromatic N) is 1. The summed E-state index contributed by atoms with van der Waals surface area (Å²) in [6.45, 7) is 0. The fourth-order valence-corrected chi connectivity index (χ4v) is 3.76. The number of anilines is 1. The molecule has 21 heavy (non-hydrogen) atoms. The van der Waals surface area contributed by atoms with Crippen LogP contribution in [0.3, 0.4) is 0 Å². The Bertz CT molecular complexity index is 769. The molecule has 0 saturated heterocycles. The van der Waals surface area contributed by atoms with E-state index in [0.29, 0.717) is 15.9 Å². The van der Waals surface area contributed by atoms with Gasteiger partial charge in [0.05, 0.1) is 5.75 Å². The first-order valence-electron chi connectivity index (χ1n) is 6.23. The Morgan fingerprint density at radius 2 is 2.10 bits per heavy atom. The Morgan fingerprint density at radius 1 is 1.29 bits per heavy atom. The lowest BCUT2D eigenvalue weighted by molar-refractivity contribution is -0.113. The minimum absolute atomic E-state index is 0.0704. The van der Waals surface area contributed by atoms with Gasteiger partial charge in [-0.15, -0.1) is 23.1 Å². The molecule has 6 heteroatoms. The molecule has 3 rings (SSSR count). The van der Waals surface area contributed by atoms with E-state index in [-0.39, 0.29) is 5.91 Å². The van der Waals surface area contributed by atoms with Crippen LogP contribution in [0.5, 0.6) is 0 Å². The molecule has 0 spiro atoms. The van der Waals surface area contributed by atoms with E-state index in [1.165, 1.54) is 23.1 Å². The summed E-state index contributed by atoms with van der Waals surface area (Å²) in [5.74, 6) is 0.253. The highest BCUT2D eigenvalue weighted by atomic mass is 35.5. The molecule has 0 bridgehead atoms. The molecule has 0 aliphatic rings. The summed E-state index contributed by atoms with van der Waals surface area (Å²) in [5.41, 5.74) is 0. The third-order valence-electron chi connectivity index (χ3n) is 2.85. The molecule has 1 N–H and O–H groups in total. The van der Waals surface area contributed by atoms with E-state index < -0.39 is 0 Å². The number of carbonyl (C=O) groups excluding carboxylic acids is 1. The van der Waals surface area contributed by atoms with Crippen LogP contribution in [-0.2, 0) is 4.79 Å². The van der Waals surface area contributed by atoms with Crippen LogP contribution in [0.2, 0.25) is 5.02 Å². The summed E-state index contributed by atoms with van der Waals surface area (Å²) >= 11 is 9.15. The van der Waals surface area contributed by atoms with Gasteiger partial charge in [-0.3, -0.25) is 4.79 Å². The molecule has 2 aromatic carbocycles. The zero-order chi connectivity index (χ0) is 14.7. The predicted molar refractivity (Wildman–Crippen MR) is 90.4 cm³/mol. The highest BCUT2D eigenvalue weighted by molar-refractivity contribution is 8.00. The SMILES string of the molecule is O=C(CSc1cccc2cccc(Cl)c12)Nc1nccs1. The van der Waals surface area contributed by atoms with Crippen molar-refractivity contribution >= 4 is 56.5 Å². The van der Waals surface area contributed by atoms with Gasteiger partial charge in [0.2, 0.25) is 5.91 Å². The van der Waals surface area contributed by atoms with Gasteiger partial charge < -0.3 is 5.32 Å². The van der Waals surface area contributed by atoms with Gasteiger partial charge in [-0.2, -0.15) is 0 Å². The Kier molecular flexibility index (Phi) is 4.43. The maximum Gasteiger partial charge on any atom is 0.236 e. The lowest BCUT2D eigenvalue weighted by Gasteiger charge is -2.07. The quantitative estimate of drug-likeness (QED) is 0.704. The fraction of sp³-hybridized carbons (Fsp3) is 0.0667. The highest BCUT2D eigenvalue weighted by Crippen LogP contribution is 2.33. The molecule has 0 radical (unpaired) electrons. The Hall–Kier alpha value is -1.56. The van der Waals surface area contributed by atoms with Crippen molar-refractivity contribution in [1.29, 1.82) is 0 Å². The van der Waals surface area contributed by atoms with Crippen LogP contribution in [-0.4, -0.2) is 16.6 Å². The third-order valence-corrected chi connectivity index (χ3v) is 4.91. The van der Waals surface area contributed by atoms with Gasteiger partial charge in [0.25, 0.3) is 0 Å². The number of thioether (sulfide) groups is 1. The molecule has 1 amide bonds. The van der Waals surface area contributed by atoms with Crippen LogP contribution in [0.25, 0.3) is 10.8 Å². The molecule has 0 atom stereocenters. The van der Waals surface area contributed by atoms with Gasteiger partial charge in [-0.1, -0.05) is 35.9 Å². The van der Waals surface area contributed by atoms with E-state index in [0.717, 1.165) is 15.7 Å². The van der Waals surface area contributed by atoms with Gasteiger partial charge in [-0.05, 0) is 17.5 Å². The number of hydrogen-bond donors (Lipinski definition) is 1. The van der Waals surface area contributed by atoms with Crippen molar-refractivity contribution in [2.75, 3.05) is 11.1 Å². The summed E-state index contributed by atoms with van der Waals surface area (Å²) in [7, 11) is 0. The van der Waals surface area contributed by atoms with Crippen LogP contribution in [0.4, 0.5) is 5.13 Å². The summed E-state index contributed by atoms with van der Waals surface area (Å²) in [5, 5.41) is 7.99. The van der Waals surface area contributed by atoms with E-state index in [9.17, 15) is 4.79 Å².